The molecule has 0 unspecified atom stereocenters. The van der Waals surface area contributed by atoms with Crippen LogP contribution in [0.15, 0.2) is 60.0 Å². The van der Waals surface area contributed by atoms with Gasteiger partial charge in [0, 0.05) is 23.2 Å². The van der Waals surface area contributed by atoms with Gasteiger partial charge in [0.15, 0.2) is 0 Å². The molecule has 0 aliphatic heterocycles. The van der Waals surface area contributed by atoms with Crippen molar-refractivity contribution in [1.29, 1.82) is 0 Å². The van der Waals surface area contributed by atoms with Crippen LogP contribution in [0.25, 0.3) is 11.3 Å². The molecule has 1 heterocycles. The minimum absolute atomic E-state index is 0.934. The van der Waals surface area contributed by atoms with Crippen molar-refractivity contribution in [2.45, 2.75) is 13.3 Å². The lowest BCUT2D eigenvalue weighted by Crippen LogP contribution is -2.04. The lowest BCUT2D eigenvalue weighted by Gasteiger charge is -2.08. The molecule has 3 rings (SSSR count). The van der Waals surface area contributed by atoms with Gasteiger partial charge in [-0.2, -0.15) is 0 Å². The molecule has 2 aromatic carbocycles. The monoisotopic (exact) mass is 294 g/mol. The first kappa shape index (κ1) is 13.8. The average molecular weight is 294 g/mol. The third kappa shape index (κ3) is 3.70. The second-order valence-electron chi connectivity index (χ2n) is 4.99. The van der Waals surface area contributed by atoms with E-state index in [2.05, 4.69) is 70.3 Å². The van der Waals surface area contributed by atoms with Gasteiger partial charge in [-0.1, -0.05) is 42.5 Å². The Balaban J connectivity index is 1.64. The maximum Gasteiger partial charge on any atom is 0.0901 e. The summed E-state index contributed by atoms with van der Waals surface area (Å²) >= 11 is 1.69. The normalized spacial score (nSPS) is 10.5. The van der Waals surface area contributed by atoms with E-state index in [1.807, 2.05) is 6.92 Å². The number of thiazole rings is 1. The van der Waals surface area contributed by atoms with E-state index in [0.717, 1.165) is 29.4 Å². The average Bonchev–Trinajstić information content (AvgIpc) is 2.95. The number of nitrogens with zero attached hydrogens (tertiary/aromatic N) is 1. The smallest absolute Gasteiger partial charge is 0.0901 e. The molecule has 3 heteroatoms. The molecule has 0 amide bonds. The summed E-state index contributed by atoms with van der Waals surface area (Å²) < 4.78 is 0. The van der Waals surface area contributed by atoms with Crippen LogP contribution in [-0.2, 0) is 6.42 Å². The van der Waals surface area contributed by atoms with Crippen LogP contribution in [0.2, 0.25) is 0 Å². The van der Waals surface area contributed by atoms with E-state index >= 15 is 0 Å². The van der Waals surface area contributed by atoms with E-state index in [1.54, 1.807) is 11.3 Å². The van der Waals surface area contributed by atoms with Crippen LogP contribution in [0.3, 0.4) is 0 Å². The van der Waals surface area contributed by atoms with Crippen LogP contribution in [-0.4, -0.2) is 11.5 Å². The summed E-state index contributed by atoms with van der Waals surface area (Å²) in [5.41, 5.74) is 4.73. The summed E-state index contributed by atoms with van der Waals surface area (Å²) in [6, 6.07) is 19.0. The Labute approximate surface area is 129 Å². The van der Waals surface area contributed by atoms with E-state index in [9.17, 15) is 0 Å². The fourth-order valence-corrected chi connectivity index (χ4v) is 2.90. The minimum atomic E-state index is 0.934. The number of benzene rings is 2. The fourth-order valence-electron chi connectivity index (χ4n) is 2.28. The Morgan fingerprint density at radius 3 is 2.67 bits per heavy atom. The zero-order chi connectivity index (χ0) is 14.5. The number of rotatable bonds is 5. The van der Waals surface area contributed by atoms with Crippen molar-refractivity contribution < 1.29 is 0 Å². The molecule has 0 saturated carbocycles. The number of nitrogens with one attached hydrogen (secondary N) is 1. The van der Waals surface area contributed by atoms with Gasteiger partial charge in [-0.15, -0.1) is 11.3 Å². The molecule has 0 aliphatic rings. The quantitative estimate of drug-likeness (QED) is 0.733. The van der Waals surface area contributed by atoms with Gasteiger partial charge in [-0.05, 0) is 31.0 Å². The predicted molar refractivity (Wildman–Crippen MR) is 90.9 cm³/mol. The summed E-state index contributed by atoms with van der Waals surface area (Å²) in [5, 5.41) is 6.70. The number of aryl methyl sites for hydroxylation is 1. The number of aromatic nitrogens is 1. The molecule has 0 aliphatic carbocycles. The van der Waals surface area contributed by atoms with Crippen molar-refractivity contribution in [3.8, 4) is 11.3 Å². The Kier molecular flexibility index (Phi) is 4.31. The molecule has 106 valence electrons. The van der Waals surface area contributed by atoms with Gasteiger partial charge in [0.1, 0.15) is 0 Å². The SMILES string of the molecule is Cc1nc(-c2cccc(NCCc3ccccc3)c2)cs1. The molecule has 0 bridgehead atoms. The van der Waals surface area contributed by atoms with E-state index in [4.69, 9.17) is 0 Å². The van der Waals surface area contributed by atoms with Gasteiger partial charge in [-0.25, -0.2) is 4.98 Å². The van der Waals surface area contributed by atoms with Crippen molar-refractivity contribution in [3.63, 3.8) is 0 Å². The highest BCUT2D eigenvalue weighted by molar-refractivity contribution is 7.09. The van der Waals surface area contributed by atoms with Crippen LogP contribution in [0.1, 0.15) is 10.6 Å². The molecular weight excluding hydrogens is 276 g/mol. The minimum Gasteiger partial charge on any atom is -0.385 e. The van der Waals surface area contributed by atoms with Gasteiger partial charge in [-0.3, -0.25) is 0 Å². The first-order chi connectivity index (χ1) is 10.3. The molecule has 21 heavy (non-hydrogen) atoms. The van der Waals surface area contributed by atoms with Crippen molar-refractivity contribution in [2.24, 2.45) is 0 Å². The number of anilines is 1. The van der Waals surface area contributed by atoms with Gasteiger partial charge >= 0.3 is 0 Å². The highest BCUT2D eigenvalue weighted by atomic mass is 32.1. The van der Waals surface area contributed by atoms with Gasteiger partial charge in [0.2, 0.25) is 0 Å². The summed E-state index contributed by atoms with van der Waals surface area (Å²) in [7, 11) is 0. The van der Waals surface area contributed by atoms with E-state index in [1.165, 1.54) is 11.1 Å². The molecule has 3 aromatic rings. The molecule has 0 atom stereocenters. The predicted octanol–water partition coefficient (Wildman–Crippen LogP) is 4.77. The zero-order valence-electron chi connectivity index (χ0n) is 12.0. The lowest BCUT2D eigenvalue weighted by atomic mass is 10.1. The van der Waals surface area contributed by atoms with Crippen LogP contribution >= 0.6 is 11.3 Å². The zero-order valence-corrected chi connectivity index (χ0v) is 12.9. The molecule has 1 N–H and O–H groups in total. The topological polar surface area (TPSA) is 24.9 Å². The summed E-state index contributed by atoms with van der Waals surface area (Å²) in [6.45, 7) is 2.97. The van der Waals surface area contributed by atoms with E-state index < -0.39 is 0 Å². The summed E-state index contributed by atoms with van der Waals surface area (Å²) in [5.74, 6) is 0. The summed E-state index contributed by atoms with van der Waals surface area (Å²) in [6.07, 6.45) is 1.03. The lowest BCUT2D eigenvalue weighted by molar-refractivity contribution is 1.02. The fraction of sp³-hybridized carbons (Fsp3) is 0.167. The maximum absolute atomic E-state index is 4.54. The van der Waals surface area contributed by atoms with E-state index in [-0.39, 0.29) is 0 Å². The van der Waals surface area contributed by atoms with E-state index in [0.29, 0.717) is 0 Å². The largest absolute Gasteiger partial charge is 0.385 e. The van der Waals surface area contributed by atoms with Crippen LogP contribution in [0.4, 0.5) is 5.69 Å². The van der Waals surface area contributed by atoms with Crippen LogP contribution in [0, 0.1) is 6.92 Å². The highest BCUT2D eigenvalue weighted by Crippen LogP contribution is 2.24. The molecular formula is C18H18N2S. The Morgan fingerprint density at radius 2 is 1.90 bits per heavy atom. The molecule has 2 nitrogen and oxygen atoms in total. The summed E-state index contributed by atoms with van der Waals surface area (Å²) in [4.78, 5) is 4.54. The molecule has 0 spiro atoms. The van der Waals surface area contributed by atoms with Crippen molar-refractivity contribution in [3.05, 3.63) is 70.5 Å². The standard InChI is InChI=1S/C18H18N2S/c1-14-20-18(13-21-14)16-8-5-9-17(12-16)19-11-10-15-6-3-2-4-7-15/h2-9,12-13,19H,10-11H2,1H3. The first-order valence-corrected chi connectivity index (χ1v) is 7.99. The second-order valence-corrected chi connectivity index (χ2v) is 6.06. The van der Waals surface area contributed by atoms with Crippen molar-refractivity contribution >= 4 is 17.0 Å². The second kappa shape index (κ2) is 6.55. The molecule has 0 saturated heterocycles. The third-order valence-corrected chi connectivity index (χ3v) is 4.14. The Hall–Kier alpha value is -2.13. The molecule has 0 fully saturated rings. The van der Waals surface area contributed by atoms with Crippen LogP contribution < -0.4 is 5.32 Å². The van der Waals surface area contributed by atoms with Gasteiger partial charge in [0.25, 0.3) is 0 Å². The molecule has 0 radical (unpaired) electrons. The number of hydrogen-bond donors (Lipinski definition) is 1. The van der Waals surface area contributed by atoms with Crippen molar-refractivity contribution in [2.75, 3.05) is 11.9 Å². The third-order valence-electron chi connectivity index (χ3n) is 3.36. The molecule has 1 aromatic heterocycles. The Bertz CT molecular complexity index is 704. The van der Waals surface area contributed by atoms with Crippen molar-refractivity contribution in [1.82, 2.24) is 4.98 Å². The van der Waals surface area contributed by atoms with Gasteiger partial charge < -0.3 is 5.32 Å². The Morgan fingerprint density at radius 1 is 1.05 bits per heavy atom. The van der Waals surface area contributed by atoms with Gasteiger partial charge in [0.05, 0.1) is 10.7 Å². The highest BCUT2D eigenvalue weighted by Gasteiger charge is 2.02. The number of hydrogen-bond acceptors (Lipinski definition) is 3. The maximum atomic E-state index is 4.54. The first-order valence-electron chi connectivity index (χ1n) is 7.11. The van der Waals surface area contributed by atoms with Crippen LogP contribution in [0.5, 0.6) is 0 Å².